The van der Waals surface area contributed by atoms with E-state index in [0.717, 1.165) is 16.6 Å². The van der Waals surface area contributed by atoms with Crippen molar-refractivity contribution in [2.75, 3.05) is 32.6 Å². The van der Waals surface area contributed by atoms with Crippen LogP contribution < -0.4 is 25.4 Å². The summed E-state index contributed by atoms with van der Waals surface area (Å²) in [5, 5.41) is 31.3. The molecule has 2 aromatic heterocycles. The lowest BCUT2D eigenvalue weighted by molar-refractivity contribution is -0.123. The summed E-state index contributed by atoms with van der Waals surface area (Å²) in [6.07, 6.45) is 3.07. The van der Waals surface area contributed by atoms with Crippen molar-refractivity contribution in [1.29, 1.82) is 0 Å². The monoisotopic (exact) mass is 568 g/mol. The van der Waals surface area contributed by atoms with Crippen LogP contribution in [0.3, 0.4) is 0 Å². The van der Waals surface area contributed by atoms with E-state index in [0.29, 0.717) is 52.4 Å². The molecule has 4 aromatic rings. The van der Waals surface area contributed by atoms with Gasteiger partial charge in [0.25, 0.3) is 5.91 Å². The fraction of sp³-hybridized carbons (Fsp3) is 0.333. The van der Waals surface area contributed by atoms with E-state index in [1.807, 2.05) is 26.1 Å². The van der Waals surface area contributed by atoms with Crippen LogP contribution in [-0.2, 0) is 11.8 Å². The number of nitrogens with one attached hydrogen (secondary N) is 4. The number of carbonyl (C=O) groups is 1. The molecule has 2 aromatic carbocycles. The summed E-state index contributed by atoms with van der Waals surface area (Å²) >= 11 is 6.51. The number of aryl methyl sites for hydroxylation is 1. The number of carbonyl (C=O) groups excluding carboxylic acids is 1. The summed E-state index contributed by atoms with van der Waals surface area (Å²) in [4.78, 5) is 16.6. The first-order chi connectivity index (χ1) is 19.1. The van der Waals surface area contributed by atoms with Crippen molar-refractivity contribution < 1.29 is 19.4 Å². The number of methoxy groups -OCH3 is 1. The van der Waals surface area contributed by atoms with Crippen molar-refractivity contribution in [1.82, 2.24) is 35.6 Å². The van der Waals surface area contributed by atoms with E-state index in [-0.39, 0.29) is 19.1 Å². The molecule has 212 valence electrons. The minimum absolute atomic E-state index is 0.191. The lowest BCUT2D eigenvalue weighted by Crippen LogP contribution is -2.36. The van der Waals surface area contributed by atoms with Crippen molar-refractivity contribution in [2.24, 2.45) is 7.05 Å². The Labute approximate surface area is 236 Å². The van der Waals surface area contributed by atoms with Crippen LogP contribution in [0.15, 0.2) is 48.8 Å². The SMILES string of the molecule is C=C(C)NC.COc1cc(-c2nc(Nc3ccc4[nH]ncc4c3Cl)n(C)n2)ccc1OCC(=O)NCC1(O)CC1. The smallest absolute Gasteiger partial charge is 0.258 e. The number of hydrogen-bond acceptors (Lipinski definition) is 9. The molecule has 5 N–H and O–H groups in total. The molecule has 0 aliphatic heterocycles. The third-order valence-electron chi connectivity index (χ3n) is 6.22. The van der Waals surface area contributed by atoms with Gasteiger partial charge in [-0.15, -0.1) is 5.10 Å². The molecule has 0 radical (unpaired) electrons. The van der Waals surface area contributed by atoms with Gasteiger partial charge >= 0.3 is 0 Å². The van der Waals surface area contributed by atoms with Crippen LogP contribution in [0.2, 0.25) is 5.02 Å². The molecule has 13 heteroatoms. The molecule has 2 heterocycles. The summed E-state index contributed by atoms with van der Waals surface area (Å²) < 4.78 is 12.7. The first-order valence-electron chi connectivity index (χ1n) is 12.6. The Kier molecular flexibility index (Phi) is 8.80. The van der Waals surface area contributed by atoms with Crippen molar-refractivity contribution >= 4 is 40.0 Å². The van der Waals surface area contributed by atoms with Crippen LogP contribution in [-0.4, -0.2) is 68.9 Å². The number of anilines is 2. The van der Waals surface area contributed by atoms with Gasteiger partial charge < -0.3 is 30.5 Å². The van der Waals surface area contributed by atoms with Gasteiger partial charge in [0.05, 0.1) is 35.1 Å². The van der Waals surface area contributed by atoms with Crippen LogP contribution in [0.4, 0.5) is 11.6 Å². The third-order valence-corrected chi connectivity index (χ3v) is 6.62. The van der Waals surface area contributed by atoms with Crippen LogP contribution >= 0.6 is 11.6 Å². The number of halogens is 1. The Morgan fingerprint density at radius 3 is 2.70 bits per heavy atom. The second-order valence-corrected chi connectivity index (χ2v) is 9.83. The number of allylic oxidation sites excluding steroid dienone is 1. The van der Waals surface area contributed by atoms with Crippen molar-refractivity contribution in [3.05, 3.63) is 53.8 Å². The average Bonchev–Trinajstić information content (AvgIpc) is 3.31. The zero-order valence-electron chi connectivity index (χ0n) is 22.8. The molecular weight excluding hydrogens is 536 g/mol. The molecule has 40 heavy (non-hydrogen) atoms. The number of aromatic amines is 1. The maximum Gasteiger partial charge on any atom is 0.258 e. The quantitative estimate of drug-likeness (QED) is 0.193. The third kappa shape index (κ3) is 7.01. The molecule has 5 rings (SSSR count). The van der Waals surface area contributed by atoms with Crippen molar-refractivity contribution in [3.63, 3.8) is 0 Å². The summed E-state index contributed by atoms with van der Waals surface area (Å²) in [5.74, 6) is 1.50. The number of nitrogens with zero attached hydrogens (tertiary/aromatic N) is 4. The van der Waals surface area contributed by atoms with Crippen molar-refractivity contribution in [3.8, 4) is 22.9 Å². The molecule has 1 amide bonds. The van der Waals surface area contributed by atoms with Crippen LogP contribution in [0, 0.1) is 0 Å². The lowest BCUT2D eigenvalue weighted by atomic mass is 10.2. The molecule has 1 fully saturated rings. The van der Waals surface area contributed by atoms with Gasteiger partial charge in [-0.3, -0.25) is 9.89 Å². The van der Waals surface area contributed by atoms with E-state index in [4.69, 9.17) is 21.1 Å². The number of benzene rings is 2. The predicted octanol–water partition coefficient (Wildman–Crippen LogP) is 3.52. The second kappa shape index (κ2) is 12.3. The number of fused-ring (bicyclic) bond motifs is 1. The Hall–Kier alpha value is -4.29. The minimum Gasteiger partial charge on any atom is -0.493 e. The highest BCUT2D eigenvalue weighted by molar-refractivity contribution is 6.38. The van der Waals surface area contributed by atoms with Gasteiger partial charge in [-0.2, -0.15) is 10.1 Å². The van der Waals surface area contributed by atoms with E-state index in [9.17, 15) is 9.90 Å². The maximum absolute atomic E-state index is 12.0. The highest BCUT2D eigenvalue weighted by Crippen LogP contribution is 2.35. The number of H-pyrrole nitrogens is 1. The van der Waals surface area contributed by atoms with Gasteiger partial charge in [-0.05, 0) is 55.8 Å². The molecular formula is C27H33ClN8O4. The average molecular weight is 569 g/mol. The first kappa shape index (κ1) is 28.7. The second-order valence-electron chi connectivity index (χ2n) is 9.45. The van der Waals surface area contributed by atoms with E-state index in [2.05, 4.69) is 42.8 Å². The molecule has 0 saturated heterocycles. The van der Waals surface area contributed by atoms with Gasteiger partial charge in [-0.1, -0.05) is 18.2 Å². The largest absolute Gasteiger partial charge is 0.493 e. The maximum atomic E-state index is 12.0. The predicted molar refractivity (Wildman–Crippen MR) is 154 cm³/mol. The number of aliphatic hydroxyl groups is 1. The molecule has 0 spiro atoms. The first-order valence-corrected chi connectivity index (χ1v) is 12.9. The number of ether oxygens (including phenoxy) is 2. The Bertz CT molecular complexity index is 1510. The Morgan fingerprint density at radius 1 is 1.27 bits per heavy atom. The van der Waals surface area contributed by atoms with E-state index in [1.54, 1.807) is 36.1 Å². The van der Waals surface area contributed by atoms with Gasteiger partial charge in [0.15, 0.2) is 23.9 Å². The zero-order chi connectivity index (χ0) is 28.9. The van der Waals surface area contributed by atoms with E-state index >= 15 is 0 Å². The summed E-state index contributed by atoms with van der Waals surface area (Å²) in [5.41, 5.74) is 2.47. The van der Waals surface area contributed by atoms with Crippen LogP contribution in [0.5, 0.6) is 11.5 Å². The number of amides is 1. The highest BCUT2D eigenvalue weighted by Gasteiger charge is 2.40. The van der Waals surface area contributed by atoms with Gasteiger partial charge in [0, 0.05) is 31.6 Å². The fourth-order valence-electron chi connectivity index (χ4n) is 3.52. The summed E-state index contributed by atoms with van der Waals surface area (Å²) in [7, 11) is 5.14. The fourth-order valence-corrected chi connectivity index (χ4v) is 3.78. The highest BCUT2D eigenvalue weighted by atomic mass is 35.5. The molecule has 0 atom stereocenters. The molecule has 12 nitrogen and oxygen atoms in total. The Balaban J connectivity index is 0.000000681. The van der Waals surface area contributed by atoms with E-state index in [1.165, 1.54) is 7.11 Å². The molecule has 1 aliphatic rings. The van der Waals surface area contributed by atoms with Crippen molar-refractivity contribution in [2.45, 2.75) is 25.4 Å². The van der Waals surface area contributed by atoms with Gasteiger partial charge in [0.2, 0.25) is 5.95 Å². The molecule has 0 bridgehead atoms. The summed E-state index contributed by atoms with van der Waals surface area (Å²) in [6, 6.07) is 8.94. The number of aromatic nitrogens is 5. The Morgan fingerprint density at radius 2 is 2.02 bits per heavy atom. The number of rotatable bonds is 10. The number of hydrogen-bond donors (Lipinski definition) is 5. The van der Waals surface area contributed by atoms with Crippen LogP contribution in [0.25, 0.3) is 22.3 Å². The minimum atomic E-state index is -0.754. The van der Waals surface area contributed by atoms with Crippen LogP contribution in [0.1, 0.15) is 19.8 Å². The topological polar surface area (TPSA) is 151 Å². The van der Waals surface area contributed by atoms with E-state index < -0.39 is 5.60 Å². The zero-order valence-corrected chi connectivity index (χ0v) is 23.6. The molecule has 0 unspecified atom stereocenters. The van der Waals surface area contributed by atoms with Gasteiger partial charge in [0.1, 0.15) is 0 Å². The summed E-state index contributed by atoms with van der Waals surface area (Å²) in [6.45, 7) is 5.52. The lowest BCUT2D eigenvalue weighted by Gasteiger charge is -2.13. The normalized spacial score (nSPS) is 13.2. The standard InChI is InChI=1S/C23H24ClN7O4.C4H9N/c1-31-22(27-16-5-4-15-14(20(16)24)10-26-29-15)28-21(30-31)13-3-6-17(18(9-13)34-2)35-11-19(32)25-12-23(33)7-8-23;1-4(2)5-3/h3-6,9-10,33H,7-8,11-12H2,1-2H3,(H,25,32)(H,26,29)(H,27,28,30);5H,1H2,2-3H3. The van der Waals surface area contributed by atoms with Gasteiger partial charge in [-0.25, -0.2) is 4.68 Å². The molecule has 1 aliphatic carbocycles. The molecule has 1 saturated carbocycles.